The molecule has 2 rings (SSSR count). The maximum atomic E-state index is 12.4. The number of thiophene rings is 1. The largest absolute Gasteiger partial charge is 0.324 e. The second kappa shape index (κ2) is 6.19. The van der Waals surface area contributed by atoms with Crippen LogP contribution in [0.25, 0.3) is 0 Å². The van der Waals surface area contributed by atoms with E-state index in [-0.39, 0.29) is 17.6 Å². The Morgan fingerprint density at radius 2 is 1.95 bits per heavy atom. The molecule has 1 aromatic carbocycles. The van der Waals surface area contributed by atoms with Gasteiger partial charge in [0.05, 0.1) is 15.6 Å². The Bertz CT molecular complexity index is 625. The zero-order valence-corrected chi connectivity index (χ0v) is 12.0. The first kappa shape index (κ1) is 14.1. The van der Waals surface area contributed by atoms with Crippen LogP contribution in [0.2, 0.25) is 5.02 Å². The molecule has 0 bridgehead atoms. The number of rotatable bonds is 4. The van der Waals surface area contributed by atoms with Gasteiger partial charge >= 0.3 is 0 Å². The number of nitrogens with one attached hydrogen (secondary N) is 1. The van der Waals surface area contributed by atoms with Gasteiger partial charge < -0.3 is 5.32 Å². The maximum absolute atomic E-state index is 12.4. The lowest BCUT2D eigenvalue weighted by Gasteiger charge is -2.05. The van der Waals surface area contributed by atoms with Crippen molar-refractivity contribution in [1.82, 2.24) is 0 Å². The highest BCUT2D eigenvalue weighted by molar-refractivity contribution is 7.13. The first-order valence-electron chi connectivity index (χ1n) is 5.36. The molecule has 0 fully saturated rings. The number of ketones is 1. The summed E-state index contributed by atoms with van der Waals surface area (Å²) in [6, 6.07) is 8.46. The number of hydrogen-bond acceptors (Lipinski definition) is 3. The fourth-order valence-electron chi connectivity index (χ4n) is 1.53. The van der Waals surface area contributed by atoms with Crippen molar-refractivity contribution >= 4 is 51.9 Å². The quantitative estimate of drug-likeness (QED) is 0.689. The average Bonchev–Trinajstić information content (AvgIpc) is 2.86. The Kier molecular flexibility index (Phi) is 4.58. The molecule has 98 valence electrons. The Labute approximate surface area is 124 Å². The summed E-state index contributed by atoms with van der Waals surface area (Å²) in [6.07, 6.45) is 0. The Hall–Kier alpha value is -1.36. The van der Waals surface area contributed by atoms with Crippen LogP contribution in [0.3, 0.4) is 0 Å². The van der Waals surface area contributed by atoms with E-state index in [1.54, 1.807) is 35.7 Å². The third-order valence-electron chi connectivity index (χ3n) is 2.39. The number of halogens is 2. The molecule has 0 saturated heterocycles. The van der Waals surface area contributed by atoms with E-state index < -0.39 is 0 Å². The van der Waals surface area contributed by atoms with Crippen molar-refractivity contribution in [3.05, 3.63) is 51.2 Å². The lowest BCUT2D eigenvalue weighted by atomic mass is 10.1. The molecule has 6 heteroatoms. The smallest absolute Gasteiger partial charge is 0.239 e. The van der Waals surface area contributed by atoms with Crippen molar-refractivity contribution in [2.24, 2.45) is 0 Å². The van der Waals surface area contributed by atoms with Gasteiger partial charge in [0.25, 0.3) is 0 Å². The summed E-state index contributed by atoms with van der Waals surface area (Å²) in [5.41, 5.74) is 0.869. The van der Waals surface area contributed by atoms with E-state index in [2.05, 4.69) is 5.32 Å². The highest BCUT2D eigenvalue weighted by atomic mass is 35.5. The first-order valence-corrected chi connectivity index (χ1v) is 7.15. The molecule has 1 N–H and O–H groups in total. The van der Waals surface area contributed by atoms with Gasteiger partial charge in [0.1, 0.15) is 5.88 Å². The van der Waals surface area contributed by atoms with E-state index in [0.29, 0.717) is 21.2 Å². The van der Waals surface area contributed by atoms with Crippen molar-refractivity contribution in [1.29, 1.82) is 0 Å². The topological polar surface area (TPSA) is 46.2 Å². The molecular weight excluding hydrogens is 305 g/mol. The van der Waals surface area contributed by atoms with Crippen molar-refractivity contribution < 1.29 is 9.59 Å². The van der Waals surface area contributed by atoms with Crippen LogP contribution in [0.15, 0.2) is 35.7 Å². The normalized spacial score (nSPS) is 10.2. The zero-order valence-electron chi connectivity index (χ0n) is 9.65. The van der Waals surface area contributed by atoms with Crippen LogP contribution in [-0.2, 0) is 4.79 Å². The Morgan fingerprint density at radius 3 is 2.63 bits per heavy atom. The van der Waals surface area contributed by atoms with Gasteiger partial charge in [0.2, 0.25) is 11.7 Å². The molecule has 1 amide bonds. The average molecular weight is 314 g/mol. The summed E-state index contributed by atoms with van der Waals surface area (Å²) in [7, 11) is 0. The summed E-state index contributed by atoms with van der Waals surface area (Å²) in [4.78, 5) is 24.1. The highest BCUT2D eigenvalue weighted by Gasteiger charge is 2.18. The molecule has 0 unspecified atom stereocenters. The SMILES string of the molecule is O=C(CCl)Nc1ccsc1C(=O)c1ccccc1Cl. The van der Waals surface area contributed by atoms with Gasteiger partial charge in [-0.2, -0.15) is 0 Å². The monoisotopic (exact) mass is 313 g/mol. The second-order valence-electron chi connectivity index (χ2n) is 3.65. The van der Waals surface area contributed by atoms with Crippen molar-refractivity contribution in [3.63, 3.8) is 0 Å². The standard InChI is InChI=1S/C13H9Cl2NO2S/c14-7-11(17)16-10-5-6-19-13(10)12(18)8-3-1-2-4-9(8)15/h1-6H,7H2,(H,16,17). The van der Waals surface area contributed by atoms with Crippen LogP contribution in [0.5, 0.6) is 0 Å². The molecule has 2 aromatic rings. The molecule has 0 radical (unpaired) electrons. The number of benzene rings is 1. The molecule has 0 saturated carbocycles. The summed E-state index contributed by atoms with van der Waals surface area (Å²) in [5, 5.41) is 4.70. The third-order valence-corrected chi connectivity index (χ3v) is 3.87. The molecule has 0 spiro atoms. The van der Waals surface area contributed by atoms with E-state index in [4.69, 9.17) is 23.2 Å². The molecule has 3 nitrogen and oxygen atoms in total. The van der Waals surface area contributed by atoms with E-state index >= 15 is 0 Å². The number of alkyl halides is 1. The van der Waals surface area contributed by atoms with Gasteiger partial charge in [-0.05, 0) is 23.6 Å². The van der Waals surface area contributed by atoms with Crippen LogP contribution < -0.4 is 5.32 Å². The Morgan fingerprint density at radius 1 is 1.21 bits per heavy atom. The lowest BCUT2D eigenvalue weighted by molar-refractivity contribution is -0.113. The van der Waals surface area contributed by atoms with Gasteiger partial charge in [-0.1, -0.05) is 23.7 Å². The van der Waals surface area contributed by atoms with Crippen molar-refractivity contribution in [3.8, 4) is 0 Å². The van der Waals surface area contributed by atoms with Crippen LogP contribution in [0, 0.1) is 0 Å². The predicted molar refractivity (Wildman–Crippen MR) is 78.6 cm³/mol. The van der Waals surface area contributed by atoms with E-state index in [1.807, 2.05) is 0 Å². The first-order chi connectivity index (χ1) is 9.13. The van der Waals surface area contributed by atoms with E-state index in [1.165, 1.54) is 11.3 Å². The number of amides is 1. The van der Waals surface area contributed by atoms with Gasteiger partial charge in [0, 0.05) is 5.56 Å². The van der Waals surface area contributed by atoms with Crippen LogP contribution in [0.1, 0.15) is 15.2 Å². The predicted octanol–water partition coefficient (Wildman–Crippen LogP) is 3.81. The maximum Gasteiger partial charge on any atom is 0.239 e. The number of anilines is 1. The number of hydrogen-bond donors (Lipinski definition) is 1. The summed E-state index contributed by atoms with van der Waals surface area (Å²) in [5.74, 6) is -0.728. The molecule has 1 heterocycles. The van der Waals surface area contributed by atoms with Crippen molar-refractivity contribution in [2.45, 2.75) is 0 Å². The minimum Gasteiger partial charge on any atom is -0.324 e. The van der Waals surface area contributed by atoms with E-state index in [9.17, 15) is 9.59 Å². The molecule has 19 heavy (non-hydrogen) atoms. The lowest BCUT2D eigenvalue weighted by Crippen LogP contribution is -2.14. The second-order valence-corrected chi connectivity index (χ2v) is 5.24. The summed E-state index contributed by atoms with van der Waals surface area (Å²) >= 11 is 12.7. The van der Waals surface area contributed by atoms with Gasteiger partial charge in [-0.3, -0.25) is 9.59 Å². The minimum absolute atomic E-state index is 0.157. The zero-order chi connectivity index (χ0) is 13.8. The molecular formula is C13H9Cl2NO2S. The van der Waals surface area contributed by atoms with Crippen LogP contribution >= 0.6 is 34.5 Å². The Balaban J connectivity index is 2.33. The molecule has 1 aromatic heterocycles. The molecule has 0 aliphatic rings. The molecule has 0 atom stereocenters. The number of carbonyl (C=O) groups is 2. The summed E-state index contributed by atoms with van der Waals surface area (Å²) < 4.78 is 0. The summed E-state index contributed by atoms with van der Waals surface area (Å²) in [6.45, 7) is 0. The van der Waals surface area contributed by atoms with Crippen LogP contribution in [-0.4, -0.2) is 17.6 Å². The van der Waals surface area contributed by atoms with Crippen molar-refractivity contribution in [2.75, 3.05) is 11.2 Å². The molecule has 0 aliphatic heterocycles. The van der Waals surface area contributed by atoms with E-state index in [0.717, 1.165) is 0 Å². The van der Waals surface area contributed by atoms with Gasteiger partial charge in [-0.15, -0.1) is 22.9 Å². The molecule has 0 aliphatic carbocycles. The van der Waals surface area contributed by atoms with Crippen LogP contribution in [0.4, 0.5) is 5.69 Å². The van der Waals surface area contributed by atoms with Gasteiger partial charge in [0.15, 0.2) is 0 Å². The minimum atomic E-state index is -0.353. The highest BCUT2D eigenvalue weighted by Crippen LogP contribution is 2.28. The van der Waals surface area contributed by atoms with Gasteiger partial charge in [-0.25, -0.2) is 0 Å². The fourth-order valence-corrected chi connectivity index (χ4v) is 2.63. The fraction of sp³-hybridized carbons (Fsp3) is 0.0769. The third kappa shape index (κ3) is 3.15. The number of carbonyl (C=O) groups excluding carboxylic acids is 2.